The Morgan fingerprint density at radius 3 is 2.85 bits per heavy atom. The lowest BCUT2D eigenvalue weighted by Crippen LogP contribution is -2.32. The molecule has 0 aromatic carbocycles. The van der Waals surface area contributed by atoms with Gasteiger partial charge in [0.1, 0.15) is 12.2 Å². The van der Waals surface area contributed by atoms with E-state index in [1.165, 1.54) is 12.8 Å². The van der Waals surface area contributed by atoms with Crippen molar-refractivity contribution < 1.29 is 0 Å². The summed E-state index contributed by atoms with van der Waals surface area (Å²) in [5, 5.41) is 4.02. The summed E-state index contributed by atoms with van der Waals surface area (Å²) in [5.41, 5.74) is 6.46. The minimum Gasteiger partial charge on any atom is -0.327 e. The van der Waals surface area contributed by atoms with E-state index in [0.29, 0.717) is 5.41 Å². The number of hydrogen-bond donors (Lipinski definition) is 1. The van der Waals surface area contributed by atoms with E-state index in [4.69, 9.17) is 5.73 Å². The Morgan fingerprint density at radius 2 is 2.38 bits per heavy atom. The highest BCUT2D eigenvalue weighted by Crippen LogP contribution is 2.47. The topological polar surface area (TPSA) is 56.7 Å². The van der Waals surface area contributed by atoms with Crippen molar-refractivity contribution in [1.29, 1.82) is 0 Å². The second-order valence-electron chi connectivity index (χ2n) is 4.26. The Balaban J connectivity index is 2.02. The minimum absolute atomic E-state index is 0.232. The van der Waals surface area contributed by atoms with Crippen LogP contribution in [0.15, 0.2) is 6.33 Å². The molecule has 4 heteroatoms. The van der Waals surface area contributed by atoms with Gasteiger partial charge in [0.05, 0.1) is 0 Å². The lowest BCUT2D eigenvalue weighted by molar-refractivity contribution is 0.420. The van der Waals surface area contributed by atoms with Crippen molar-refractivity contribution in [3.8, 4) is 0 Å². The predicted molar refractivity (Wildman–Crippen MR) is 50.0 cm³/mol. The molecule has 4 nitrogen and oxygen atoms in total. The molecular formula is C9H16N4. The van der Waals surface area contributed by atoms with Crippen LogP contribution in [0.1, 0.15) is 25.6 Å². The maximum Gasteiger partial charge on any atom is 0.138 e. The van der Waals surface area contributed by atoms with Crippen molar-refractivity contribution >= 4 is 0 Å². The monoisotopic (exact) mass is 180 g/mol. The molecule has 1 atom stereocenters. The molecule has 1 aromatic rings. The summed E-state index contributed by atoms with van der Waals surface area (Å²) in [4.78, 5) is 4.17. The van der Waals surface area contributed by atoms with Gasteiger partial charge in [0.25, 0.3) is 0 Å². The zero-order valence-corrected chi connectivity index (χ0v) is 8.20. The lowest BCUT2D eigenvalue weighted by Gasteiger charge is -2.17. The van der Waals surface area contributed by atoms with Crippen LogP contribution in [-0.4, -0.2) is 20.8 Å². The number of aromatic nitrogens is 3. The van der Waals surface area contributed by atoms with Crippen molar-refractivity contribution in [2.75, 3.05) is 0 Å². The first-order chi connectivity index (χ1) is 6.12. The summed E-state index contributed by atoms with van der Waals surface area (Å²) in [6.45, 7) is 2.24. The van der Waals surface area contributed by atoms with Crippen LogP contribution in [0.2, 0.25) is 0 Å². The van der Waals surface area contributed by atoms with E-state index in [1.54, 1.807) is 11.0 Å². The fraction of sp³-hybridized carbons (Fsp3) is 0.778. The summed E-state index contributed by atoms with van der Waals surface area (Å²) >= 11 is 0. The predicted octanol–water partition coefficient (Wildman–Crippen LogP) is 0.485. The molecule has 1 aliphatic rings. The van der Waals surface area contributed by atoms with Crippen molar-refractivity contribution in [2.45, 2.75) is 32.2 Å². The average Bonchev–Trinajstić information content (AvgIpc) is 2.72. The van der Waals surface area contributed by atoms with Gasteiger partial charge in [-0.1, -0.05) is 6.92 Å². The fourth-order valence-corrected chi connectivity index (χ4v) is 1.52. The summed E-state index contributed by atoms with van der Waals surface area (Å²) in [7, 11) is 1.91. The van der Waals surface area contributed by atoms with Crippen LogP contribution in [-0.2, 0) is 13.5 Å². The second-order valence-corrected chi connectivity index (χ2v) is 4.26. The molecule has 0 radical (unpaired) electrons. The maximum absolute atomic E-state index is 6.09. The van der Waals surface area contributed by atoms with Gasteiger partial charge in [-0.3, -0.25) is 4.68 Å². The average molecular weight is 180 g/mol. The first-order valence-electron chi connectivity index (χ1n) is 4.70. The molecule has 1 fully saturated rings. The number of hydrogen-bond acceptors (Lipinski definition) is 3. The van der Waals surface area contributed by atoms with Crippen LogP contribution in [0.3, 0.4) is 0 Å². The molecule has 1 heterocycles. The van der Waals surface area contributed by atoms with Crippen LogP contribution in [0.4, 0.5) is 0 Å². The van der Waals surface area contributed by atoms with Crippen molar-refractivity contribution in [3.63, 3.8) is 0 Å². The largest absolute Gasteiger partial charge is 0.327 e. The van der Waals surface area contributed by atoms with Gasteiger partial charge in [0.15, 0.2) is 0 Å². The third-order valence-corrected chi connectivity index (χ3v) is 3.14. The number of nitrogens with two attached hydrogens (primary N) is 1. The summed E-state index contributed by atoms with van der Waals surface area (Å²) in [5.74, 6) is 0.987. The molecule has 0 bridgehead atoms. The molecule has 72 valence electrons. The normalized spacial score (nSPS) is 21.5. The van der Waals surface area contributed by atoms with Crippen LogP contribution in [0.5, 0.6) is 0 Å². The van der Waals surface area contributed by atoms with Crippen molar-refractivity contribution in [2.24, 2.45) is 18.2 Å². The van der Waals surface area contributed by atoms with E-state index in [9.17, 15) is 0 Å². The summed E-state index contributed by atoms with van der Waals surface area (Å²) < 4.78 is 1.80. The number of aryl methyl sites for hydroxylation is 1. The molecule has 2 rings (SSSR count). The molecule has 2 N–H and O–H groups in total. The summed E-state index contributed by atoms with van der Waals surface area (Å²) in [6.07, 6.45) is 4.93. The van der Waals surface area contributed by atoms with Gasteiger partial charge in [-0.25, -0.2) is 4.98 Å². The van der Waals surface area contributed by atoms with Gasteiger partial charge in [0, 0.05) is 19.5 Å². The minimum atomic E-state index is 0.232. The Labute approximate surface area is 78.1 Å². The zero-order valence-electron chi connectivity index (χ0n) is 8.20. The van der Waals surface area contributed by atoms with Gasteiger partial charge in [0.2, 0.25) is 0 Å². The van der Waals surface area contributed by atoms with Gasteiger partial charge in [-0.2, -0.15) is 5.10 Å². The third-order valence-electron chi connectivity index (χ3n) is 3.14. The Hall–Kier alpha value is -0.900. The van der Waals surface area contributed by atoms with Gasteiger partial charge >= 0.3 is 0 Å². The first kappa shape index (κ1) is 8.69. The zero-order chi connectivity index (χ0) is 9.47. The van der Waals surface area contributed by atoms with E-state index in [-0.39, 0.29) is 6.04 Å². The Bertz CT molecular complexity index is 300. The van der Waals surface area contributed by atoms with Gasteiger partial charge in [-0.15, -0.1) is 0 Å². The van der Waals surface area contributed by atoms with E-state index >= 15 is 0 Å². The molecule has 0 spiro atoms. The van der Waals surface area contributed by atoms with Gasteiger partial charge in [-0.05, 0) is 18.3 Å². The van der Waals surface area contributed by atoms with Crippen molar-refractivity contribution in [1.82, 2.24) is 14.8 Å². The van der Waals surface area contributed by atoms with Gasteiger partial charge < -0.3 is 5.73 Å². The van der Waals surface area contributed by atoms with Crippen LogP contribution in [0, 0.1) is 5.41 Å². The molecule has 1 unspecified atom stereocenters. The molecule has 1 saturated carbocycles. The molecule has 1 aromatic heterocycles. The molecular weight excluding hydrogens is 164 g/mol. The smallest absolute Gasteiger partial charge is 0.138 e. The standard InChI is InChI=1S/C9H16N4/c1-9(3-4-9)7(10)5-8-11-6-12-13(8)2/h6-7H,3-5,10H2,1-2H3. The van der Waals surface area contributed by atoms with Crippen LogP contribution in [0.25, 0.3) is 0 Å². The lowest BCUT2D eigenvalue weighted by atomic mass is 9.97. The van der Waals surface area contributed by atoms with E-state index in [2.05, 4.69) is 17.0 Å². The molecule has 0 saturated heterocycles. The Morgan fingerprint density at radius 1 is 1.69 bits per heavy atom. The highest BCUT2D eigenvalue weighted by molar-refractivity contribution is 5.01. The number of rotatable bonds is 3. The van der Waals surface area contributed by atoms with Crippen molar-refractivity contribution in [3.05, 3.63) is 12.2 Å². The third kappa shape index (κ3) is 1.58. The quantitative estimate of drug-likeness (QED) is 0.736. The summed E-state index contributed by atoms with van der Waals surface area (Å²) in [6, 6.07) is 0.232. The molecule has 13 heavy (non-hydrogen) atoms. The molecule has 0 aliphatic heterocycles. The maximum atomic E-state index is 6.09. The molecule has 1 aliphatic carbocycles. The Kier molecular flexibility index (Phi) is 1.87. The van der Waals surface area contributed by atoms with E-state index < -0.39 is 0 Å². The van der Waals surface area contributed by atoms with E-state index in [1.807, 2.05) is 7.05 Å². The molecule has 0 amide bonds. The van der Waals surface area contributed by atoms with E-state index in [0.717, 1.165) is 12.2 Å². The first-order valence-corrected chi connectivity index (χ1v) is 4.70. The fourth-order valence-electron chi connectivity index (χ4n) is 1.52. The highest BCUT2D eigenvalue weighted by atomic mass is 15.3. The second kappa shape index (κ2) is 2.80. The number of nitrogens with zero attached hydrogens (tertiary/aromatic N) is 3. The highest BCUT2D eigenvalue weighted by Gasteiger charge is 2.43. The van der Waals surface area contributed by atoms with Crippen LogP contribution >= 0.6 is 0 Å². The van der Waals surface area contributed by atoms with Crippen LogP contribution < -0.4 is 5.73 Å². The SMILES string of the molecule is Cn1ncnc1CC(N)C1(C)CC1.